The number of aromatic nitrogens is 1. The van der Waals surface area contributed by atoms with E-state index in [-0.39, 0.29) is 24.5 Å². The Morgan fingerprint density at radius 2 is 1.82 bits per heavy atom. The maximum Gasteiger partial charge on any atom is 0.338 e. The van der Waals surface area contributed by atoms with Gasteiger partial charge in [-0.25, -0.2) is 4.79 Å². The second-order valence-electron chi connectivity index (χ2n) is 6.56. The average Bonchev–Trinajstić information content (AvgIpc) is 2.65. The van der Waals surface area contributed by atoms with E-state index in [9.17, 15) is 14.4 Å². The number of carbonyl (C=O) groups is 2. The summed E-state index contributed by atoms with van der Waals surface area (Å²) in [6, 6.07) is 13.7. The zero-order chi connectivity index (χ0) is 20.3. The summed E-state index contributed by atoms with van der Waals surface area (Å²) in [7, 11) is 0. The van der Waals surface area contributed by atoms with E-state index < -0.39 is 5.97 Å². The van der Waals surface area contributed by atoms with Crippen LogP contribution in [0.25, 0.3) is 10.9 Å². The Hall–Kier alpha value is -3.41. The van der Waals surface area contributed by atoms with Crippen LogP contribution in [0.5, 0.6) is 0 Å². The molecule has 0 bridgehead atoms. The van der Waals surface area contributed by atoms with Crippen molar-refractivity contribution in [2.45, 2.75) is 27.3 Å². The van der Waals surface area contributed by atoms with Gasteiger partial charge in [-0.1, -0.05) is 18.2 Å². The van der Waals surface area contributed by atoms with Gasteiger partial charge in [0.05, 0.1) is 17.7 Å². The smallest absolute Gasteiger partial charge is 0.338 e. The summed E-state index contributed by atoms with van der Waals surface area (Å²) in [6.45, 7) is 5.80. The van der Waals surface area contributed by atoms with Crippen LogP contribution >= 0.6 is 0 Å². The van der Waals surface area contributed by atoms with E-state index in [1.165, 1.54) is 6.07 Å². The lowest BCUT2D eigenvalue weighted by atomic mass is 10.1. The number of nitrogens with zero attached hydrogens (tertiary/aromatic N) is 1. The first-order chi connectivity index (χ1) is 13.4. The molecule has 0 saturated heterocycles. The molecule has 28 heavy (non-hydrogen) atoms. The van der Waals surface area contributed by atoms with Crippen molar-refractivity contribution < 1.29 is 14.3 Å². The summed E-state index contributed by atoms with van der Waals surface area (Å²) >= 11 is 0. The predicted octanol–water partition coefficient (Wildman–Crippen LogP) is 3.43. The molecule has 1 N–H and O–H groups in total. The number of rotatable bonds is 5. The van der Waals surface area contributed by atoms with Crippen molar-refractivity contribution in [3.8, 4) is 0 Å². The van der Waals surface area contributed by atoms with E-state index in [2.05, 4.69) is 5.32 Å². The van der Waals surface area contributed by atoms with Crippen molar-refractivity contribution >= 4 is 28.5 Å². The van der Waals surface area contributed by atoms with Crippen LogP contribution in [0.1, 0.15) is 28.5 Å². The zero-order valence-electron chi connectivity index (χ0n) is 16.1. The van der Waals surface area contributed by atoms with Gasteiger partial charge in [0.1, 0.15) is 6.54 Å². The van der Waals surface area contributed by atoms with Crippen LogP contribution < -0.4 is 10.7 Å². The molecule has 0 aliphatic heterocycles. The van der Waals surface area contributed by atoms with Crippen molar-refractivity contribution in [2.24, 2.45) is 0 Å². The number of ether oxygens (including phenoxy) is 1. The highest BCUT2D eigenvalue weighted by molar-refractivity contribution is 5.95. The summed E-state index contributed by atoms with van der Waals surface area (Å²) < 4.78 is 6.82. The van der Waals surface area contributed by atoms with Gasteiger partial charge in [-0.05, 0) is 50.6 Å². The van der Waals surface area contributed by atoms with Crippen LogP contribution in [0.4, 0.5) is 5.69 Å². The van der Waals surface area contributed by atoms with E-state index in [1.54, 1.807) is 37.3 Å². The number of anilines is 1. The fraction of sp³-hybridized carbons (Fsp3) is 0.227. The van der Waals surface area contributed by atoms with Crippen molar-refractivity contribution in [3.05, 3.63) is 75.6 Å². The Morgan fingerprint density at radius 1 is 1.07 bits per heavy atom. The van der Waals surface area contributed by atoms with E-state index in [1.807, 2.05) is 30.5 Å². The number of fused-ring (bicyclic) bond motifs is 1. The topological polar surface area (TPSA) is 77.4 Å². The largest absolute Gasteiger partial charge is 0.462 e. The Labute approximate surface area is 162 Å². The lowest BCUT2D eigenvalue weighted by molar-refractivity contribution is -0.116. The van der Waals surface area contributed by atoms with Crippen LogP contribution in [0.2, 0.25) is 0 Å². The highest BCUT2D eigenvalue weighted by Crippen LogP contribution is 2.18. The molecule has 144 valence electrons. The third kappa shape index (κ3) is 3.96. The molecule has 3 aromatic rings. The van der Waals surface area contributed by atoms with Gasteiger partial charge < -0.3 is 14.6 Å². The van der Waals surface area contributed by atoms with Crippen molar-refractivity contribution in [1.29, 1.82) is 0 Å². The van der Waals surface area contributed by atoms with Gasteiger partial charge in [-0.2, -0.15) is 0 Å². The van der Waals surface area contributed by atoms with Gasteiger partial charge in [0.15, 0.2) is 5.43 Å². The molecule has 1 heterocycles. The van der Waals surface area contributed by atoms with Crippen LogP contribution in [0.15, 0.2) is 53.3 Å². The van der Waals surface area contributed by atoms with E-state index in [4.69, 9.17) is 4.74 Å². The highest BCUT2D eigenvalue weighted by atomic mass is 16.5. The minimum Gasteiger partial charge on any atom is -0.462 e. The summed E-state index contributed by atoms with van der Waals surface area (Å²) in [5, 5.41) is 3.39. The van der Waals surface area contributed by atoms with Crippen LogP contribution in [-0.2, 0) is 16.1 Å². The first kappa shape index (κ1) is 19.4. The Kier molecular flexibility index (Phi) is 5.59. The molecule has 6 heteroatoms. The number of amides is 1. The molecular weight excluding hydrogens is 356 g/mol. The third-order valence-corrected chi connectivity index (χ3v) is 4.50. The van der Waals surface area contributed by atoms with E-state index in [0.717, 1.165) is 11.1 Å². The van der Waals surface area contributed by atoms with Crippen LogP contribution in [0, 0.1) is 13.8 Å². The monoisotopic (exact) mass is 378 g/mol. The Bertz CT molecular complexity index is 1120. The average molecular weight is 378 g/mol. The fourth-order valence-corrected chi connectivity index (χ4v) is 3.22. The number of hydrogen-bond acceptors (Lipinski definition) is 4. The molecular formula is C22H22N2O4. The number of aryl methyl sites for hydroxylation is 2. The van der Waals surface area contributed by atoms with Crippen molar-refractivity contribution in [1.82, 2.24) is 4.57 Å². The minimum atomic E-state index is -0.434. The molecule has 3 rings (SSSR count). The summed E-state index contributed by atoms with van der Waals surface area (Å²) in [5.74, 6) is -0.686. The number of pyridine rings is 1. The molecule has 0 aliphatic rings. The van der Waals surface area contributed by atoms with Gasteiger partial charge in [0.25, 0.3) is 0 Å². The van der Waals surface area contributed by atoms with E-state index >= 15 is 0 Å². The fourth-order valence-electron chi connectivity index (χ4n) is 3.22. The predicted molar refractivity (Wildman–Crippen MR) is 109 cm³/mol. The second-order valence-corrected chi connectivity index (χ2v) is 6.56. The first-order valence-corrected chi connectivity index (χ1v) is 9.07. The molecule has 0 saturated carbocycles. The Balaban J connectivity index is 1.88. The van der Waals surface area contributed by atoms with Gasteiger partial charge in [0.2, 0.25) is 5.91 Å². The van der Waals surface area contributed by atoms with Crippen LogP contribution in [-0.4, -0.2) is 23.1 Å². The molecule has 0 spiro atoms. The van der Waals surface area contributed by atoms with Gasteiger partial charge in [-0.3, -0.25) is 9.59 Å². The summed E-state index contributed by atoms with van der Waals surface area (Å²) in [6.07, 6.45) is 0. The number of carbonyl (C=O) groups excluding carboxylic acids is 2. The molecule has 1 aromatic heterocycles. The summed E-state index contributed by atoms with van der Waals surface area (Å²) in [5.41, 5.74) is 3.21. The maximum absolute atomic E-state index is 12.7. The second kappa shape index (κ2) is 8.08. The lowest BCUT2D eigenvalue weighted by Gasteiger charge is -2.16. The molecule has 2 aromatic carbocycles. The molecule has 0 unspecified atom stereocenters. The van der Waals surface area contributed by atoms with E-state index in [0.29, 0.717) is 22.3 Å². The van der Waals surface area contributed by atoms with Crippen molar-refractivity contribution in [2.75, 3.05) is 11.9 Å². The molecule has 0 aliphatic carbocycles. The molecule has 0 radical (unpaired) electrons. The standard InChI is InChI=1S/C22H22N2O4/c1-4-28-22(27)16-8-6-9-17(12-16)23-20(26)13-24-15(3)11-19(25)18-10-5-7-14(2)21(18)24/h5-12H,4,13H2,1-3H3,(H,23,26). The number of esters is 1. The maximum atomic E-state index is 12.7. The number of benzene rings is 2. The number of nitrogens with one attached hydrogen (secondary N) is 1. The van der Waals surface area contributed by atoms with Gasteiger partial charge in [0, 0.05) is 22.8 Å². The molecule has 1 amide bonds. The first-order valence-electron chi connectivity index (χ1n) is 9.07. The van der Waals surface area contributed by atoms with Gasteiger partial charge in [-0.15, -0.1) is 0 Å². The SMILES string of the molecule is CCOC(=O)c1cccc(NC(=O)Cn2c(C)cc(=O)c3cccc(C)c32)c1. The molecule has 6 nitrogen and oxygen atoms in total. The summed E-state index contributed by atoms with van der Waals surface area (Å²) in [4.78, 5) is 36.8. The minimum absolute atomic E-state index is 0.0527. The molecule has 0 atom stereocenters. The normalized spacial score (nSPS) is 10.7. The highest BCUT2D eigenvalue weighted by Gasteiger charge is 2.13. The number of para-hydroxylation sites is 1. The molecule has 0 fully saturated rings. The zero-order valence-corrected chi connectivity index (χ0v) is 16.1. The van der Waals surface area contributed by atoms with Crippen molar-refractivity contribution in [3.63, 3.8) is 0 Å². The lowest BCUT2D eigenvalue weighted by Crippen LogP contribution is -2.23. The quantitative estimate of drug-likeness (QED) is 0.690. The van der Waals surface area contributed by atoms with Gasteiger partial charge >= 0.3 is 5.97 Å². The number of hydrogen-bond donors (Lipinski definition) is 1. The van der Waals surface area contributed by atoms with Crippen LogP contribution in [0.3, 0.4) is 0 Å². The third-order valence-electron chi connectivity index (χ3n) is 4.50. The Morgan fingerprint density at radius 3 is 2.57 bits per heavy atom.